The van der Waals surface area contributed by atoms with Crippen LogP contribution in [0.4, 0.5) is 0 Å². The van der Waals surface area contributed by atoms with E-state index in [0.717, 1.165) is 21.8 Å². The average Bonchev–Trinajstić information content (AvgIpc) is 3.22. The maximum absolute atomic E-state index is 13.0. The van der Waals surface area contributed by atoms with E-state index >= 15 is 0 Å². The van der Waals surface area contributed by atoms with E-state index in [2.05, 4.69) is 4.72 Å². The second-order valence-corrected chi connectivity index (χ2v) is 10.5. The van der Waals surface area contributed by atoms with Gasteiger partial charge in [0.2, 0.25) is 0 Å². The third kappa shape index (κ3) is 3.83. The first-order chi connectivity index (χ1) is 14.2. The first-order valence-electron chi connectivity index (χ1n) is 9.02. The molecule has 0 radical (unpaired) electrons. The molecule has 1 aliphatic rings. The highest BCUT2D eigenvalue weighted by Gasteiger charge is 2.63. The molecule has 0 spiro atoms. The number of carbonyl (C=O) groups is 1. The summed E-state index contributed by atoms with van der Waals surface area (Å²) in [5.41, 5.74) is -0.0257. The summed E-state index contributed by atoms with van der Waals surface area (Å²) < 4.78 is 33.7. The van der Waals surface area contributed by atoms with Gasteiger partial charge in [-0.1, -0.05) is 35.9 Å². The Hall–Kier alpha value is -2.39. The van der Waals surface area contributed by atoms with Crippen molar-refractivity contribution in [3.63, 3.8) is 0 Å². The summed E-state index contributed by atoms with van der Waals surface area (Å²) in [7, 11) is -2.50. The molecule has 4 rings (SSSR count). The van der Waals surface area contributed by atoms with Gasteiger partial charge in [0.25, 0.3) is 10.0 Å². The predicted molar refractivity (Wildman–Crippen MR) is 116 cm³/mol. The van der Waals surface area contributed by atoms with Crippen molar-refractivity contribution < 1.29 is 23.1 Å². The van der Waals surface area contributed by atoms with Gasteiger partial charge in [-0.25, -0.2) is 8.42 Å². The van der Waals surface area contributed by atoms with Crippen LogP contribution < -0.4 is 9.46 Å². The van der Waals surface area contributed by atoms with Crippen molar-refractivity contribution in [3.05, 3.63) is 71.2 Å². The van der Waals surface area contributed by atoms with Crippen molar-refractivity contribution in [2.24, 2.45) is 0 Å². The minimum Gasteiger partial charge on any atom is -0.497 e. The molecule has 0 aliphatic heterocycles. The van der Waals surface area contributed by atoms with E-state index in [1.807, 2.05) is 0 Å². The van der Waals surface area contributed by atoms with Crippen LogP contribution in [-0.2, 0) is 14.8 Å². The molecule has 2 unspecified atom stereocenters. The van der Waals surface area contributed by atoms with E-state index in [1.165, 1.54) is 13.2 Å². The Balaban J connectivity index is 1.60. The molecule has 0 amide bonds. The lowest BCUT2D eigenvalue weighted by Gasteiger charge is -2.15. The fourth-order valence-electron chi connectivity index (χ4n) is 3.44. The van der Waals surface area contributed by atoms with Gasteiger partial charge in [0.15, 0.2) is 0 Å². The van der Waals surface area contributed by atoms with Crippen molar-refractivity contribution in [3.8, 4) is 16.2 Å². The summed E-state index contributed by atoms with van der Waals surface area (Å²) in [5, 5.41) is 10.4. The van der Waals surface area contributed by atoms with Crippen molar-refractivity contribution >= 4 is 38.9 Å². The number of ether oxygens (including phenoxy) is 1. The van der Waals surface area contributed by atoms with Crippen molar-refractivity contribution in [2.45, 2.75) is 22.1 Å². The summed E-state index contributed by atoms with van der Waals surface area (Å²) in [6.45, 7) is 0. The smallest absolute Gasteiger partial charge is 0.325 e. The molecular formula is C21H18ClNO5S2. The number of nitrogens with one attached hydrogen (secondary N) is 1. The molecule has 0 bridgehead atoms. The SMILES string of the molecule is COc1cccc(C2CC2(NS(=O)(=O)c2ccc(-c3ccc(Cl)cc3)s2)C(=O)O)c1. The van der Waals surface area contributed by atoms with Crippen LogP contribution in [0, 0.1) is 0 Å². The molecule has 6 nitrogen and oxygen atoms in total. The van der Waals surface area contributed by atoms with Crippen LogP contribution in [0.15, 0.2) is 64.9 Å². The maximum Gasteiger partial charge on any atom is 0.325 e. The standard InChI is InChI=1S/C21H18ClNO5S2/c1-28-16-4-2-3-14(11-16)17-12-21(17,20(24)25)23-30(26,27)19-10-9-18(29-19)13-5-7-15(22)8-6-13/h2-11,17,23H,12H2,1H3,(H,24,25). The van der Waals surface area contributed by atoms with E-state index < -0.39 is 27.4 Å². The molecule has 9 heteroatoms. The number of hydrogen-bond donors (Lipinski definition) is 2. The Bertz CT molecular complexity index is 1210. The Morgan fingerprint density at radius 2 is 1.93 bits per heavy atom. The molecule has 30 heavy (non-hydrogen) atoms. The number of carboxylic acid groups (broad SMARTS) is 1. The molecule has 2 N–H and O–H groups in total. The van der Waals surface area contributed by atoms with E-state index in [0.29, 0.717) is 16.3 Å². The molecule has 1 saturated carbocycles. The van der Waals surface area contributed by atoms with Gasteiger partial charge < -0.3 is 9.84 Å². The fourth-order valence-corrected chi connectivity index (χ4v) is 6.28. The highest BCUT2D eigenvalue weighted by atomic mass is 35.5. The zero-order valence-corrected chi connectivity index (χ0v) is 18.2. The molecular weight excluding hydrogens is 446 g/mol. The Morgan fingerprint density at radius 1 is 1.20 bits per heavy atom. The first-order valence-corrected chi connectivity index (χ1v) is 11.7. The van der Waals surface area contributed by atoms with Crippen LogP contribution in [0.5, 0.6) is 5.75 Å². The predicted octanol–water partition coefficient (Wildman–Crippen LogP) is 4.37. The zero-order chi connectivity index (χ0) is 21.5. The number of sulfonamides is 1. The molecule has 2 aromatic carbocycles. The number of rotatable bonds is 7. The monoisotopic (exact) mass is 463 g/mol. The molecule has 0 saturated heterocycles. The Kier molecular flexibility index (Phi) is 5.36. The molecule has 1 aliphatic carbocycles. The van der Waals surface area contributed by atoms with Crippen LogP contribution in [0.1, 0.15) is 17.9 Å². The second-order valence-electron chi connectivity index (χ2n) is 7.04. The molecule has 1 aromatic heterocycles. The van der Waals surface area contributed by atoms with Crippen LogP contribution in [0.2, 0.25) is 5.02 Å². The lowest BCUT2D eigenvalue weighted by molar-refractivity contribution is -0.140. The summed E-state index contributed by atoms with van der Waals surface area (Å²) in [6, 6.07) is 17.2. The van der Waals surface area contributed by atoms with Gasteiger partial charge in [0, 0.05) is 15.8 Å². The second kappa shape index (κ2) is 7.70. The normalized spacial score (nSPS) is 20.7. The molecule has 1 fully saturated rings. The lowest BCUT2D eigenvalue weighted by atomic mass is 10.1. The third-order valence-electron chi connectivity index (χ3n) is 5.13. The summed E-state index contributed by atoms with van der Waals surface area (Å²) >= 11 is 6.98. The van der Waals surface area contributed by atoms with E-state index in [4.69, 9.17) is 16.3 Å². The third-order valence-corrected chi connectivity index (χ3v) is 8.52. The van der Waals surface area contributed by atoms with E-state index in [9.17, 15) is 18.3 Å². The van der Waals surface area contributed by atoms with Gasteiger partial charge in [0.1, 0.15) is 15.5 Å². The number of benzene rings is 2. The molecule has 1 heterocycles. The van der Waals surface area contributed by atoms with E-state index in [-0.39, 0.29) is 10.6 Å². The summed E-state index contributed by atoms with van der Waals surface area (Å²) in [5.74, 6) is -1.09. The number of aliphatic carboxylic acids is 1. The highest BCUT2D eigenvalue weighted by Crippen LogP contribution is 2.53. The highest BCUT2D eigenvalue weighted by molar-refractivity contribution is 7.91. The van der Waals surface area contributed by atoms with Crippen LogP contribution in [0.3, 0.4) is 0 Å². The molecule has 3 aromatic rings. The van der Waals surface area contributed by atoms with Gasteiger partial charge in [0.05, 0.1) is 7.11 Å². The van der Waals surface area contributed by atoms with Crippen molar-refractivity contribution in [1.82, 2.24) is 4.72 Å². The van der Waals surface area contributed by atoms with Gasteiger partial charge in [-0.3, -0.25) is 4.79 Å². The summed E-state index contributed by atoms with van der Waals surface area (Å²) in [6.07, 6.45) is 0.171. The van der Waals surface area contributed by atoms with Crippen LogP contribution in [0.25, 0.3) is 10.4 Å². The topological polar surface area (TPSA) is 92.7 Å². The lowest BCUT2D eigenvalue weighted by Crippen LogP contribution is -2.44. The van der Waals surface area contributed by atoms with Crippen molar-refractivity contribution in [1.29, 1.82) is 0 Å². The number of halogens is 1. The fraction of sp³-hybridized carbons (Fsp3) is 0.190. The van der Waals surface area contributed by atoms with Crippen LogP contribution in [-0.4, -0.2) is 32.1 Å². The summed E-state index contributed by atoms with van der Waals surface area (Å²) in [4.78, 5) is 12.8. The van der Waals surface area contributed by atoms with Gasteiger partial charge >= 0.3 is 5.97 Å². The first kappa shape index (κ1) is 20.9. The van der Waals surface area contributed by atoms with E-state index in [1.54, 1.807) is 54.6 Å². The average molecular weight is 464 g/mol. The Labute approximate surface area is 183 Å². The van der Waals surface area contributed by atoms with Gasteiger partial charge in [-0.05, 0) is 53.9 Å². The van der Waals surface area contributed by atoms with Gasteiger partial charge in [-0.15, -0.1) is 11.3 Å². The quantitative estimate of drug-likeness (QED) is 0.542. The molecule has 2 atom stereocenters. The van der Waals surface area contributed by atoms with Crippen LogP contribution >= 0.6 is 22.9 Å². The van der Waals surface area contributed by atoms with Gasteiger partial charge in [-0.2, -0.15) is 4.72 Å². The minimum absolute atomic E-state index is 0.0596. The van der Waals surface area contributed by atoms with Crippen molar-refractivity contribution in [2.75, 3.05) is 7.11 Å². The largest absolute Gasteiger partial charge is 0.497 e. The number of thiophene rings is 1. The zero-order valence-electron chi connectivity index (χ0n) is 15.8. The number of hydrogen-bond acceptors (Lipinski definition) is 5. The Morgan fingerprint density at radius 3 is 2.60 bits per heavy atom. The number of carboxylic acids is 1. The minimum atomic E-state index is -4.02. The maximum atomic E-state index is 13.0. The molecule has 156 valence electrons. The number of methoxy groups -OCH3 is 1.